The largest absolute Gasteiger partial charge is 0.362 e. The molecule has 1 amide bonds. The van der Waals surface area contributed by atoms with Crippen molar-refractivity contribution < 1.29 is 17.4 Å². The Morgan fingerprint density at radius 3 is 2.47 bits per heavy atom. The molecule has 6 nitrogen and oxygen atoms in total. The molecule has 2 N–H and O–H groups in total. The zero-order valence-electron chi connectivity index (χ0n) is 10.4. The van der Waals surface area contributed by atoms with E-state index < -0.39 is 27.9 Å². The molecule has 0 radical (unpaired) electrons. The Balaban J connectivity index is 2.54. The Kier molecular flexibility index (Phi) is 4.51. The monoisotopic (exact) mass is 264 g/mol. The summed E-state index contributed by atoms with van der Waals surface area (Å²) in [5, 5.41) is 2.77. The number of nitrogens with one attached hydrogen (secondary N) is 2. The molecule has 1 unspecified atom stereocenters. The molecule has 0 saturated heterocycles. The van der Waals surface area contributed by atoms with Gasteiger partial charge in [0.15, 0.2) is 0 Å². The molecule has 0 bridgehead atoms. The van der Waals surface area contributed by atoms with Crippen LogP contribution < -0.4 is 10.0 Å². The molecule has 7 heteroatoms. The van der Waals surface area contributed by atoms with Crippen LogP contribution in [0.2, 0.25) is 0 Å². The highest BCUT2D eigenvalue weighted by Gasteiger charge is 2.43. The van der Waals surface area contributed by atoms with Crippen LogP contribution in [0.1, 0.15) is 39.5 Å². The number of carbonyl (C=O) groups excluding carboxylic acids is 1. The van der Waals surface area contributed by atoms with Crippen molar-refractivity contribution in [2.45, 2.75) is 51.2 Å². The third kappa shape index (κ3) is 4.61. The van der Waals surface area contributed by atoms with Gasteiger partial charge >= 0.3 is 10.3 Å². The standard InChI is InChI=1S/C10H20N2O4S/c1-4-5-8(11-3)9(13)12-17(14,15)16-10(2)6-7-10/h8,11H,4-7H2,1-3H3,(H,12,13). The molecular formula is C10H20N2O4S. The van der Waals surface area contributed by atoms with E-state index in [1.54, 1.807) is 14.0 Å². The molecule has 17 heavy (non-hydrogen) atoms. The average Bonchev–Trinajstić information content (AvgIpc) is 2.89. The normalized spacial score (nSPS) is 19.7. The zero-order valence-corrected chi connectivity index (χ0v) is 11.3. The molecule has 0 aliphatic heterocycles. The Morgan fingerprint density at radius 1 is 1.47 bits per heavy atom. The summed E-state index contributed by atoms with van der Waals surface area (Å²) in [6.45, 7) is 3.63. The lowest BCUT2D eigenvalue weighted by molar-refractivity contribution is -0.121. The quantitative estimate of drug-likeness (QED) is 0.691. The van der Waals surface area contributed by atoms with Crippen LogP contribution in [-0.4, -0.2) is 33.0 Å². The van der Waals surface area contributed by atoms with Crippen LogP contribution in [0.25, 0.3) is 0 Å². The minimum absolute atomic E-state index is 0.509. The fourth-order valence-corrected chi connectivity index (χ4v) is 2.56. The first-order valence-corrected chi connectivity index (χ1v) is 7.17. The molecule has 1 atom stereocenters. The molecule has 0 aromatic rings. The van der Waals surface area contributed by atoms with E-state index in [0.717, 1.165) is 6.42 Å². The van der Waals surface area contributed by atoms with E-state index in [4.69, 9.17) is 4.18 Å². The van der Waals surface area contributed by atoms with Gasteiger partial charge in [-0.2, -0.15) is 8.42 Å². The van der Waals surface area contributed by atoms with Gasteiger partial charge < -0.3 is 5.32 Å². The molecule has 0 spiro atoms. The smallest absolute Gasteiger partial charge is 0.309 e. The van der Waals surface area contributed by atoms with Gasteiger partial charge in [0, 0.05) is 0 Å². The number of rotatable bonds is 7. The van der Waals surface area contributed by atoms with Gasteiger partial charge in [-0.05, 0) is 33.2 Å². The number of carbonyl (C=O) groups is 1. The number of likely N-dealkylation sites (N-methyl/N-ethyl adjacent to an activating group) is 1. The van der Waals surface area contributed by atoms with Gasteiger partial charge in [-0.15, -0.1) is 0 Å². The van der Waals surface area contributed by atoms with E-state index in [1.807, 2.05) is 11.6 Å². The second kappa shape index (κ2) is 5.32. The SMILES string of the molecule is CCCC(NC)C(=O)NS(=O)(=O)OC1(C)CC1. The summed E-state index contributed by atoms with van der Waals surface area (Å²) in [7, 11) is -2.37. The van der Waals surface area contributed by atoms with Crippen molar-refractivity contribution >= 4 is 16.2 Å². The van der Waals surface area contributed by atoms with E-state index in [2.05, 4.69) is 5.32 Å². The van der Waals surface area contributed by atoms with Crippen molar-refractivity contribution in [2.75, 3.05) is 7.05 Å². The topological polar surface area (TPSA) is 84.5 Å². The van der Waals surface area contributed by atoms with Gasteiger partial charge in [-0.3, -0.25) is 4.79 Å². The lowest BCUT2D eigenvalue weighted by atomic mass is 10.1. The van der Waals surface area contributed by atoms with Crippen LogP contribution in [0.5, 0.6) is 0 Å². The van der Waals surface area contributed by atoms with Crippen LogP contribution in [0, 0.1) is 0 Å². The highest BCUT2D eigenvalue weighted by atomic mass is 32.2. The summed E-state index contributed by atoms with van der Waals surface area (Å²) in [4.78, 5) is 11.7. The van der Waals surface area contributed by atoms with Crippen molar-refractivity contribution in [3.8, 4) is 0 Å². The lowest BCUT2D eigenvalue weighted by Crippen LogP contribution is -2.46. The second-order valence-electron chi connectivity index (χ2n) is 4.58. The van der Waals surface area contributed by atoms with Gasteiger partial charge in [0.2, 0.25) is 0 Å². The number of hydrogen-bond donors (Lipinski definition) is 2. The van der Waals surface area contributed by atoms with Crippen LogP contribution >= 0.6 is 0 Å². The van der Waals surface area contributed by atoms with Gasteiger partial charge in [0.1, 0.15) is 0 Å². The second-order valence-corrected chi connectivity index (χ2v) is 5.86. The third-order valence-corrected chi connectivity index (χ3v) is 3.81. The molecule has 0 heterocycles. The molecular weight excluding hydrogens is 244 g/mol. The van der Waals surface area contributed by atoms with Crippen LogP contribution in [0.3, 0.4) is 0 Å². The highest BCUT2D eigenvalue weighted by Crippen LogP contribution is 2.39. The van der Waals surface area contributed by atoms with E-state index in [9.17, 15) is 13.2 Å². The summed E-state index contributed by atoms with van der Waals surface area (Å²) in [6, 6.07) is -0.509. The molecule has 1 saturated carbocycles. The summed E-state index contributed by atoms with van der Waals surface area (Å²) >= 11 is 0. The average molecular weight is 264 g/mol. The van der Waals surface area contributed by atoms with Crippen LogP contribution in [0.4, 0.5) is 0 Å². The third-order valence-electron chi connectivity index (χ3n) is 2.73. The highest BCUT2D eigenvalue weighted by molar-refractivity contribution is 7.85. The van der Waals surface area contributed by atoms with Crippen LogP contribution in [0.15, 0.2) is 0 Å². The fourth-order valence-electron chi connectivity index (χ4n) is 1.43. The van der Waals surface area contributed by atoms with Crippen LogP contribution in [-0.2, 0) is 19.3 Å². The minimum atomic E-state index is -3.99. The molecule has 1 aliphatic rings. The maximum absolute atomic E-state index is 11.7. The van der Waals surface area contributed by atoms with Crippen molar-refractivity contribution in [2.24, 2.45) is 0 Å². The first kappa shape index (κ1) is 14.4. The maximum Gasteiger partial charge on any atom is 0.362 e. The minimum Gasteiger partial charge on any atom is -0.309 e. The Morgan fingerprint density at radius 2 is 2.06 bits per heavy atom. The maximum atomic E-state index is 11.7. The predicted molar refractivity (Wildman–Crippen MR) is 63.5 cm³/mol. The van der Waals surface area contributed by atoms with E-state index in [-0.39, 0.29) is 0 Å². The molecule has 0 aromatic heterocycles. The molecule has 1 fully saturated rings. The number of hydrogen-bond acceptors (Lipinski definition) is 5. The van der Waals surface area contributed by atoms with Crippen molar-refractivity contribution in [3.05, 3.63) is 0 Å². The summed E-state index contributed by atoms with van der Waals surface area (Å²) < 4.78 is 29.9. The van der Waals surface area contributed by atoms with Gasteiger partial charge in [-0.1, -0.05) is 13.3 Å². The molecule has 0 aromatic carbocycles. The first-order valence-electron chi connectivity index (χ1n) is 5.76. The summed E-state index contributed by atoms with van der Waals surface area (Å²) in [5.74, 6) is -0.571. The Hall–Kier alpha value is -0.660. The van der Waals surface area contributed by atoms with E-state index in [1.165, 1.54) is 0 Å². The zero-order chi connectivity index (χ0) is 13.1. The number of amides is 1. The van der Waals surface area contributed by atoms with Crippen molar-refractivity contribution in [1.82, 2.24) is 10.0 Å². The van der Waals surface area contributed by atoms with E-state index >= 15 is 0 Å². The summed E-state index contributed by atoms with van der Waals surface area (Å²) in [6.07, 6.45) is 2.77. The fraction of sp³-hybridized carbons (Fsp3) is 0.900. The predicted octanol–water partition coefficient (Wildman–Crippen LogP) is 0.305. The lowest BCUT2D eigenvalue weighted by Gasteiger charge is -2.16. The molecule has 1 rings (SSSR count). The Bertz CT molecular complexity index is 376. The molecule has 1 aliphatic carbocycles. The summed E-state index contributed by atoms with van der Waals surface area (Å²) in [5.41, 5.74) is -0.619. The van der Waals surface area contributed by atoms with Crippen molar-refractivity contribution in [3.63, 3.8) is 0 Å². The van der Waals surface area contributed by atoms with Gasteiger partial charge in [0.05, 0.1) is 11.6 Å². The Labute approximate surface area is 102 Å². The first-order chi connectivity index (χ1) is 7.82. The molecule has 100 valence electrons. The van der Waals surface area contributed by atoms with Gasteiger partial charge in [0.25, 0.3) is 5.91 Å². The van der Waals surface area contributed by atoms with Gasteiger partial charge in [-0.25, -0.2) is 8.91 Å². The van der Waals surface area contributed by atoms with E-state index in [0.29, 0.717) is 19.3 Å². The van der Waals surface area contributed by atoms with Crippen molar-refractivity contribution in [1.29, 1.82) is 0 Å².